The van der Waals surface area contributed by atoms with Crippen LogP contribution in [-0.2, 0) is 15.4 Å². The molecule has 1 saturated heterocycles. The highest BCUT2D eigenvalue weighted by Gasteiger charge is 2.31. The molecule has 0 aliphatic carbocycles. The fourth-order valence-corrected chi connectivity index (χ4v) is 5.08. The normalized spacial score (nSPS) is 15.2. The maximum atomic E-state index is 13.1. The first-order valence-electron chi connectivity index (χ1n) is 10.9. The predicted octanol–water partition coefficient (Wildman–Crippen LogP) is 3.70. The molecule has 0 aromatic heterocycles. The van der Waals surface area contributed by atoms with Gasteiger partial charge in [-0.1, -0.05) is 45.6 Å². The third-order valence-corrected chi connectivity index (χ3v) is 7.56. The van der Waals surface area contributed by atoms with Crippen LogP contribution in [0, 0.1) is 0 Å². The van der Waals surface area contributed by atoms with E-state index in [-0.39, 0.29) is 29.3 Å². The van der Waals surface area contributed by atoms with Gasteiger partial charge in [-0.15, -0.1) is 0 Å². The molecular formula is C25H32N2O5S. The number of carbonyl (C=O) groups is 1. The Bertz CT molecular complexity index is 1100. The van der Waals surface area contributed by atoms with E-state index in [1.165, 1.54) is 11.4 Å². The average Bonchev–Trinajstić information content (AvgIpc) is 2.81. The fourth-order valence-electron chi connectivity index (χ4n) is 3.66. The first-order valence-corrected chi connectivity index (χ1v) is 12.3. The summed E-state index contributed by atoms with van der Waals surface area (Å²) in [6.07, 6.45) is 1.63. The van der Waals surface area contributed by atoms with E-state index in [1.54, 1.807) is 41.3 Å². The van der Waals surface area contributed by atoms with Gasteiger partial charge in [-0.05, 0) is 41.3 Å². The van der Waals surface area contributed by atoms with Crippen molar-refractivity contribution in [3.05, 3.63) is 66.2 Å². The van der Waals surface area contributed by atoms with Crippen molar-refractivity contribution in [3.8, 4) is 11.5 Å². The average molecular weight is 473 g/mol. The van der Waals surface area contributed by atoms with Crippen LogP contribution in [0.3, 0.4) is 0 Å². The minimum Gasteiger partial charge on any atom is -0.493 e. The number of hydrogen-bond acceptors (Lipinski definition) is 5. The van der Waals surface area contributed by atoms with E-state index in [0.29, 0.717) is 36.8 Å². The van der Waals surface area contributed by atoms with Crippen molar-refractivity contribution in [2.45, 2.75) is 31.1 Å². The van der Waals surface area contributed by atoms with Crippen LogP contribution in [0.15, 0.2) is 60.0 Å². The lowest BCUT2D eigenvalue weighted by Crippen LogP contribution is -2.50. The number of hydrogen-bond donors (Lipinski definition) is 0. The molecule has 2 aromatic rings. The van der Waals surface area contributed by atoms with Gasteiger partial charge in [0.05, 0.1) is 12.0 Å². The van der Waals surface area contributed by atoms with Crippen LogP contribution in [0.1, 0.15) is 36.7 Å². The lowest BCUT2D eigenvalue weighted by Gasteiger charge is -2.34. The standard InChI is InChI=1S/C25H32N2O5S/c1-6-17-32-22-12-7-19(18-23(22)31-5)24(28)26-13-15-27(16-14-26)33(29,30)21-10-8-20(9-11-21)25(2,3)4/h6-12,18H,1,13-17H2,2-5H3. The Morgan fingerprint density at radius 1 is 1.03 bits per heavy atom. The van der Waals surface area contributed by atoms with E-state index < -0.39 is 10.0 Å². The zero-order valence-electron chi connectivity index (χ0n) is 19.7. The highest BCUT2D eigenvalue weighted by atomic mass is 32.2. The topological polar surface area (TPSA) is 76.2 Å². The molecule has 0 bridgehead atoms. The third-order valence-electron chi connectivity index (χ3n) is 5.65. The summed E-state index contributed by atoms with van der Waals surface area (Å²) in [5.74, 6) is 0.820. The Hall–Kier alpha value is -2.84. The van der Waals surface area contributed by atoms with Crippen LogP contribution in [0.2, 0.25) is 0 Å². The smallest absolute Gasteiger partial charge is 0.254 e. The van der Waals surface area contributed by atoms with Crippen LogP contribution < -0.4 is 9.47 Å². The number of carbonyl (C=O) groups excluding carboxylic acids is 1. The lowest BCUT2D eigenvalue weighted by atomic mass is 9.87. The summed E-state index contributed by atoms with van der Waals surface area (Å²) < 4.78 is 38.5. The summed E-state index contributed by atoms with van der Waals surface area (Å²) in [6.45, 7) is 11.3. The molecule has 8 heteroatoms. The second kappa shape index (κ2) is 9.97. The molecule has 0 spiro atoms. The summed E-state index contributed by atoms with van der Waals surface area (Å²) in [5, 5.41) is 0. The Morgan fingerprint density at radius 3 is 2.21 bits per heavy atom. The number of benzene rings is 2. The number of amides is 1. The minimum absolute atomic E-state index is 0.0487. The quantitative estimate of drug-likeness (QED) is 0.575. The van der Waals surface area contributed by atoms with Crippen LogP contribution in [0.4, 0.5) is 0 Å². The zero-order valence-corrected chi connectivity index (χ0v) is 20.5. The molecule has 1 heterocycles. The molecule has 3 rings (SSSR count). The zero-order chi connectivity index (χ0) is 24.2. The van der Waals surface area contributed by atoms with E-state index in [2.05, 4.69) is 27.4 Å². The largest absolute Gasteiger partial charge is 0.493 e. The summed E-state index contributed by atoms with van der Waals surface area (Å²) in [6, 6.07) is 12.1. The van der Waals surface area contributed by atoms with E-state index in [9.17, 15) is 13.2 Å². The molecule has 178 valence electrons. The van der Waals surface area contributed by atoms with Gasteiger partial charge in [-0.2, -0.15) is 4.31 Å². The van der Waals surface area contributed by atoms with Crippen LogP contribution >= 0.6 is 0 Å². The van der Waals surface area contributed by atoms with Crippen molar-refractivity contribution >= 4 is 15.9 Å². The van der Waals surface area contributed by atoms with Crippen molar-refractivity contribution in [2.75, 3.05) is 39.9 Å². The van der Waals surface area contributed by atoms with Gasteiger partial charge in [0.2, 0.25) is 10.0 Å². The summed E-state index contributed by atoms with van der Waals surface area (Å²) in [4.78, 5) is 14.9. The van der Waals surface area contributed by atoms with E-state index >= 15 is 0 Å². The molecule has 7 nitrogen and oxygen atoms in total. The Labute approximate surface area is 196 Å². The van der Waals surface area contributed by atoms with Crippen LogP contribution in [0.25, 0.3) is 0 Å². The molecule has 2 aromatic carbocycles. The summed E-state index contributed by atoms with van der Waals surface area (Å²) in [7, 11) is -2.10. The number of ether oxygens (including phenoxy) is 2. The molecule has 0 unspecified atom stereocenters. The molecule has 0 radical (unpaired) electrons. The van der Waals surface area contributed by atoms with Crippen molar-refractivity contribution in [1.29, 1.82) is 0 Å². The molecule has 0 N–H and O–H groups in total. The number of rotatable bonds is 7. The first kappa shape index (κ1) is 24.8. The maximum absolute atomic E-state index is 13.1. The molecule has 0 atom stereocenters. The molecule has 1 aliphatic rings. The Balaban J connectivity index is 1.67. The molecule has 33 heavy (non-hydrogen) atoms. The fraction of sp³-hybridized carbons (Fsp3) is 0.400. The van der Waals surface area contributed by atoms with Gasteiger partial charge in [0.15, 0.2) is 11.5 Å². The molecule has 1 aliphatic heterocycles. The number of piperazine rings is 1. The van der Waals surface area contributed by atoms with Crippen LogP contribution in [0.5, 0.6) is 11.5 Å². The summed E-state index contributed by atoms with van der Waals surface area (Å²) in [5.41, 5.74) is 1.49. The van der Waals surface area contributed by atoms with Gasteiger partial charge in [0, 0.05) is 31.7 Å². The lowest BCUT2D eigenvalue weighted by molar-refractivity contribution is 0.0697. The first-order chi connectivity index (χ1) is 15.6. The Kier molecular flexibility index (Phi) is 7.49. The van der Waals surface area contributed by atoms with Gasteiger partial charge in [-0.3, -0.25) is 4.79 Å². The van der Waals surface area contributed by atoms with E-state index in [1.807, 2.05) is 12.1 Å². The number of sulfonamides is 1. The van der Waals surface area contributed by atoms with Gasteiger partial charge in [-0.25, -0.2) is 8.42 Å². The highest BCUT2D eigenvalue weighted by molar-refractivity contribution is 7.89. The monoisotopic (exact) mass is 472 g/mol. The SMILES string of the molecule is C=CCOc1ccc(C(=O)N2CCN(S(=O)(=O)c3ccc(C(C)(C)C)cc3)CC2)cc1OC. The molecule has 1 fully saturated rings. The van der Waals surface area contributed by atoms with Gasteiger partial charge >= 0.3 is 0 Å². The van der Waals surface area contributed by atoms with Gasteiger partial charge in [0.1, 0.15) is 6.61 Å². The van der Waals surface area contributed by atoms with E-state index in [0.717, 1.165) is 5.56 Å². The second-order valence-electron chi connectivity index (χ2n) is 8.94. The van der Waals surface area contributed by atoms with Crippen molar-refractivity contribution in [2.24, 2.45) is 0 Å². The predicted molar refractivity (Wildman–Crippen MR) is 128 cm³/mol. The van der Waals surface area contributed by atoms with Crippen LogP contribution in [-0.4, -0.2) is 63.4 Å². The van der Waals surface area contributed by atoms with Gasteiger partial charge < -0.3 is 14.4 Å². The van der Waals surface area contributed by atoms with Crippen molar-refractivity contribution < 1.29 is 22.7 Å². The Morgan fingerprint density at radius 2 is 1.67 bits per heavy atom. The number of nitrogens with zero attached hydrogens (tertiary/aromatic N) is 2. The van der Waals surface area contributed by atoms with Gasteiger partial charge in [0.25, 0.3) is 5.91 Å². The summed E-state index contributed by atoms with van der Waals surface area (Å²) >= 11 is 0. The maximum Gasteiger partial charge on any atom is 0.254 e. The number of methoxy groups -OCH3 is 1. The second-order valence-corrected chi connectivity index (χ2v) is 10.9. The molecule has 1 amide bonds. The minimum atomic E-state index is -3.61. The van der Waals surface area contributed by atoms with Crippen molar-refractivity contribution in [3.63, 3.8) is 0 Å². The third kappa shape index (κ3) is 5.57. The van der Waals surface area contributed by atoms with Crippen molar-refractivity contribution in [1.82, 2.24) is 9.21 Å². The molecule has 0 saturated carbocycles. The highest BCUT2D eigenvalue weighted by Crippen LogP contribution is 2.29. The molecular weight excluding hydrogens is 440 g/mol. The van der Waals surface area contributed by atoms with E-state index in [4.69, 9.17) is 9.47 Å².